The van der Waals surface area contributed by atoms with Crippen LogP contribution in [0.3, 0.4) is 0 Å². The van der Waals surface area contributed by atoms with Gasteiger partial charge in [0.1, 0.15) is 5.75 Å². The van der Waals surface area contributed by atoms with Gasteiger partial charge < -0.3 is 10.1 Å². The largest absolute Gasteiger partial charge is 0.455 e. The van der Waals surface area contributed by atoms with E-state index >= 15 is 0 Å². The summed E-state index contributed by atoms with van der Waals surface area (Å²) in [6.45, 7) is 2.33. The van der Waals surface area contributed by atoms with E-state index < -0.39 is 0 Å². The van der Waals surface area contributed by atoms with Gasteiger partial charge in [-0.2, -0.15) is 0 Å². The van der Waals surface area contributed by atoms with E-state index in [2.05, 4.69) is 10.2 Å². The molecule has 1 aliphatic rings. The molecule has 3 aromatic rings. The highest BCUT2D eigenvalue weighted by Crippen LogP contribution is 2.30. The molecule has 1 saturated heterocycles. The van der Waals surface area contributed by atoms with Gasteiger partial charge in [-0.25, -0.2) is 0 Å². The highest BCUT2D eigenvalue weighted by Gasteiger charge is 2.26. The maximum absolute atomic E-state index is 13.0. The van der Waals surface area contributed by atoms with Crippen LogP contribution >= 0.6 is 23.2 Å². The lowest BCUT2D eigenvalue weighted by Crippen LogP contribution is -2.40. The number of halogens is 2. The summed E-state index contributed by atoms with van der Waals surface area (Å²) in [5.41, 5.74) is 1.70. The highest BCUT2D eigenvalue weighted by atomic mass is 35.5. The zero-order chi connectivity index (χ0) is 21.6. The number of para-hydroxylation sites is 3. The quantitative estimate of drug-likeness (QED) is 0.453. The Balaban J connectivity index is 1.41. The Hall–Kier alpha value is -2.53. The molecule has 1 N–H and O–H groups in total. The number of carbonyl (C=O) groups excluding carboxylic acids is 1. The number of hydrogen-bond donors (Lipinski definition) is 1. The van der Waals surface area contributed by atoms with Crippen molar-refractivity contribution in [1.82, 2.24) is 4.90 Å². The number of nitrogens with zero attached hydrogens (tertiary/aromatic N) is 1. The van der Waals surface area contributed by atoms with Crippen molar-refractivity contribution in [2.24, 2.45) is 5.92 Å². The van der Waals surface area contributed by atoms with Crippen molar-refractivity contribution >= 4 is 34.8 Å². The molecule has 0 bridgehead atoms. The Kier molecular flexibility index (Phi) is 7.13. The van der Waals surface area contributed by atoms with Crippen LogP contribution in [0.5, 0.6) is 11.5 Å². The minimum atomic E-state index is -0.0930. The summed E-state index contributed by atoms with van der Waals surface area (Å²) in [5.74, 6) is 1.27. The van der Waals surface area contributed by atoms with Gasteiger partial charge in [0, 0.05) is 23.1 Å². The number of benzene rings is 3. The average Bonchev–Trinajstić information content (AvgIpc) is 2.78. The molecule has 1 atom stereocenters. The zero-order valence-corrected chi connectivity index (χ0v) is 18.6. The molecular formula is C25H24Cl2N2O2. The van der Waals surface area contributed by atoms with Crippen LogP contribution in [0.1, 0.15) is 18.4 Å². The van der Waals surface area contributed by atoms with Gasteiger partial charge in [0.15, 0.2) is 5.75 Å². The number of hydrogen-bond acceptors (Lipinski definition) is 3. The fourth-order valence-electron chi connectivity index (χ4n) is 3.81. The molecule has 160 valence electrons. The van der Waals surface area contributed by atoms with Crippen LogP contribution in [-0.2, 0) is 11.3 Å². The van der Waals surface area contributed by atoms with Crippen LogP contribution in [-0.4, -0.2) is 23.9 Å². The molecule has 1 amide bonds. The molecule has 0 spiro atoms. The van der Waals surface area contributed by atoms with Gasteiger partial charge in [-0.15, -0.1) is 0 Å². The van der Waals surface area contributed by atoms with Crippen molar-refractivity contribution < 1.29 is 9.53 Å². The van der Waals surface area contributed by atoms with Crippen molar-refractivity contribution in [2.45, 2.75) is 19.4 Å². The number of amides is 1. The van der Waals surface area contributed by atoms with Crippen molar-refractivity contribution in [3.05, 3.63) is 88.4 Å². The fourth-order valence-corrected chi connectivity index (χ4v) is 4.28. The summed E-state index contributed by atoms with van der Waals surface area (Å²) < 4.78 is 5.97. The molecule has 6 heteroatoms. The molecule has 0 aromatic heterocycles. The zero-order valence-electron chi connectivity index (χ0n) is 17.1. The third kappa shape index (κ3) is 5.79. The molecular weight excluding hydrogens is 431 g/mol. The van der Waals surface area contributed by atoms with Gasteiger partial charge in [0.05, 0.1) is 11.6 Å². The molecule has 0 unspecified atom stereocenters. The summed E-state index contributed by atoms with van der Waals surface area (Å²) in [7, 11) is 0. The van der Waals surface area contributed by atoms with Crippen LogP contribution < -0.4 is 10.1 Å². The smallest absolute Gasteiger partial charge is 0.228 e. The first kappa shape index (κ1) is 21.7. The molecule has 0 aliphatic carbocycles. The normalized spacial score (nSPS) is 16.6. The summed E-state index contributed by atoms with van der Waals surface area (Å²) in [4.78, 5) is 15.3. The van der Waals surface area contributed by atoms with E-state index in [0.717, 1.165) is 30.7 Å². The first-order valence-electron chi connectivity index (χ1n) is 10.4. The van der Waals surface area contributed by atoms with Gasteiger partial charge in [-0.1, -0.05) is 59.6 Å². The maximum atomic E-state index is 13.0. The van der Waals surface area contributed by atoms with Crippen LogP contribution in [0.25, 0.3) is 0 Å². The van der Waals surface area contributed by atoms with Crippen molar-refractivity contribution in [1.29, 1.82) is 0 Å². The lowest BCUT2D eigenvalue weighted by molar-refractivity contribution is -0.121. The number of ether oxygens (including phenoxy) is 1. The third-order valence-electron chi connectivity index (χ3n) is 5.40. The summed E-state index contributed by atoms with van der Waals surface area (Å²) in [6, 6.07) is 22.6. The van der Waals surface area contributed by atoms with Gasteiger partial charge in [-0.3, -0.25) is 9.69 Å². The molecule has 4 nitrogen and oxygen atoms in total. The lowest BCUT2D eigenvalue weighted by Gasteiger charge is -2.32. The summed E-state index contributed by atoms with van der Waals surface area (Å²) in [6.07, 6.45) is 1.82. The first-order valence-corrected chi connectivity index (χ1v) is 11.1. The first-order chi connectivity index (χ1) is 15.1. The third-order valence-corrected chi connectivity index (χ3v) is 5.99. The Morgan fingerprint density at radius 2 is 1.81 bits per heavy atom. The Morgan fingerprint density at radius 3 is 2.61 bits per heavy atom. The Bertz CT molecular complexity index is 1040. The topological polar surface area (TPSA) is 41.6 Å². The van der Waals surface area contributed by atoms with Gasteiger partial charge in [0.25, 0.3) is 0 Å². The predicted octanol–water partition coefficient (Wildman–Crippen LogP) is 6.64. The van der Waals surface area contributed by atoms with Crippen LogP contribution in [0.15, 0.2) is 72.8 Å². The predicted molar refractivity (Wildman–Crippen MR) is 126 cm³/mol. The number of likely N-dealkylation sites (tertiary alicyclic amines) is 1. The van der Waals surface area contributed by atoms with Gasteiger partial charge in [-0.05, 0) is 61.3 Å². The second-order valence-corrected chi connectivity index (χ2v) is 8.55. The monoisotopic (exact) mass is 454 g/mol. The van der Waals surface area contributed by atoms with Crippen LogP contribution in [0.2, 0.25) is 10.0 Å². The summed E-state index contributed by atoms with van der Waals surface area (Å²) >= 11 is 12.3. The second kappa shape index (κ2) is 10.2. The van der Waals surface area contributed by atoms with Crippen molar-refractivity contribution in [3.63, 3.8) is 0 Å². The van der Waals surface area contributed by atoms with Crippen molar-refractivity contribution in [3.8, 4) is 11.5 Å². The lowest BCUT2D eigenvalue weighted by atomic mass is 9.96. The van der Waals surface area contributed by atoms with E-state index in [-0.39, 0.29) is 11.8 Å². The van der Waals surface area contributed by atoms with Gasteiger partial charge >= 0.3 is 0 Å². The molecule has 0 radical (unpaired) electrons. The van der Waals surface area contributed by atoms with E-state index in [1.807, 2.05) is 66.7 Å². The Morgan fingerprint density at radius 1 is 1.03 bits per heavy atom. The number of piperidine rings is 1. The summed E-state index contributed by atoms with van der Waals surface area (Å²) in [5, 5.41) is 4.35. The minimum absolute atomic E-state index is 0.0102. The SMILES string of the molecule is O=C(Nc1ccccc1Oc1ccccc1)[C@H]1CCCN(Cc2ccc(Cl)cc2Cl)C1. The van der Waals surface area contributed by atoms with E-state index in [4.69, 9.17) is 27.9 Å². The second-order valence-electron chi connectivity index (χ2n) is 7.71. The standard InChI is InChI=1S/C25H24Cl2N2O2/c26-20-13-12-18(22(27)15-20)16-29-14-6-7-19(17-29)25(30)28-23-10-4-5-11-24(23)31-21-8-2-1-3-9-21/h1-5,8-13,15,19H,6-7,14,16-17H2,(H,28,30)/t19-/m0/s1. The molecule has 1 heterocycles. The molecule has 31 heavy (non-hydrogen) atoms. The van der Waals surface area contributed by atoms with Crippen LogP contribution in [0.4, 0.5) is 5.69 Å². The van der Waals surface area contributed by atoms with E-state index in [1.54, 1.807) is 6.07 Å². The number of anilines is 1. The highest BCUT2D eigenvalue weighted by molar-refractivity contribution is 6.35. The van der Waals surface area contributed by atoms with Crippen molar-refractivity contribution in [2.75, 3.05) is 18.4 Å². The molecule has 3 aromatic carbocycles. The number of carbonyl (C=O) groups is 1. The molecule has 4 rings (SSSR count). The molecule has 1 aliphatic heterocycles. The van der Waals surface area contributed by atoms with Gasteiger partial charge in [0.2, 0.25) is 5.91 Å². The number of nitrogens with one attached hydrogen (secondary N) is 1. The number of rotatable bonds is 6. The molecule has 0 saturated carbocycles. The fraction of sp³-hybridized carbons (Fsp3) is 0.240. The average molecular weight is 455 g/mol. The maximum Gasteiger partial charge on any atom is 0.228 e. The molecule has 1 fully saturated rings. The van der Waals surface area contributed by atoms with Crippen LogP contribution in [0, 0.1) is 5.92 Å². The Labute approximate surface area is 192 Å². The minimum Gasteiger partial charge on any atom is -0.455 e. The van der Waals surface area contributed by atoms with E-state index in [1.165, 1.54) is 0 Å². The van der Waals surface area contributed by atoms with E-state index in [9.17, 15) is 4.79 Å². The van der Waals surface area contributed by atoms with E-state index in [0.29, 0.717) is 34.6 Å².